The number of ether oxygens (including phenoxy) is 2. The fourth-order valence-corrected chi connectivity index (χ4v) is 6.60. The number of anilines is 2. The Morgan fingerprint density at radius 2 is 1.85 bits per heavy atom. The highest BCUT2D eigenvalue weighted by atomic mass is 16.6. The number of aliphatic hydroxyl groups excluding tert-OH is 1. The van der Waals surface area contributed by atoms with Gasteiger partial charge in [-0.1, -0.05) is 18.7 Å². The number of amides is 2. The first kappa shape index (κ1) is 28.8. The van der Waals surface area contributed by atoms with Crippen LogP contribution in [-0.2, 0) is 23.9 Å². The molecule has 2 amide bonds. The van der Waals surface area contributed by atoms with Crippen LogP contribution in [0.4, 0.5) is 11.4 Å². The Bertz CT molecular complexity index is 1070. The second kappa shape index (κ2) is 12.3. The van der Waals surface area contributed by atoms with Crippen LogP contribution in [0.2, 0.25) is 0 Å². The third-order valence-electron chi connectivity index (χ3n) is 8.32. The quantitative estimate of drug-likeness (QED) is 0.220. The van der Waals surface area contributed by atoms with E-state index in [-0.39, 0.29) is 31.6 Å². The fourth-order valence-electron chi connectivity index (χ4n) is 6.60. The molecular weight excluding hydrogens is 498 g/mol. The first-order valence-electron chi connectivity index (χ1n) is 14.0. The predicted molar refractivity (Wildman–Crippen MR) is 149 cm³/mol. The van der Waals surface area contributed by atoms with Crippen LogP contribution in [0.15, 0.2) is 49.6 Å². The van der Waals surface area contributed by atoms with E-state index < -0.39 is 35.6 Å². The molecular formula is C30H41N3O6. The van der Waals surface area contributed by atoms with Crippen molar-refractivity contribution in [3.05, 3.63) is 49.6 Å². The Labute approximate surface area is 231 Å². The number of nitrogens with zero attached hydrogens (tertiary/aromatic N) is 3. The third-order valence-corrected chi connectivity index (χ3v) is 8.32. The summed E-state index contributed by atoms with van der Waals surface area (Å²) in [4.78, 5) is 46.9. The number of likely N-dealkylation sites (tertiary alicyclic amines) is 1. The maximum Gasteiger partial charge on any atom is 0.312 e. The number of benzene rings is 1. The first-order valence-corrected chi connectivity index (χ1v) is 14.0. The minimum Gasteiger partial charge on any atom is -0.461 e. The number of rotatable bonds is 14. The number of carbonyl (C=O) groups excluding carboxylic acids is 3. The first-order chi connectivity index (χ1) is 18.9. The van der Waals surface area contributed by atoms with Gasteiger partial charge in [0.25, 0.3) is 5.91 Å². The van der Waals surface area contributed by atoms with Gasteiger partial charge in [0.1, 0.15) is 18.2 Å². The molecule has 0 saturated carbocycles. The lowest BCUT2D eigenvalue weighted by molar-refractivity contribution is -0.154. The molecule has 2 bridgehead atoms. The van der Waals surface area contributed by atoms with Crippen LogP contribution in [0.3, 0.4) is 0 Å². The Balaban J connectivity index is 1.70. The van der Waals surface area contributed by atoms with E-state index in [1.54, 1.807) is 15.9 Å². The van der Waals surface area contributed by atoms with Crippen molar-refractivity contribution < 1.29 is 29.0 Å². The summed E-state index contributed by atoms with van der Waals surface area (Å²) in [5.41, 5.74) is 0.665. The SMILES string of the molecule is C=CCOC(=O)[C@@H]1[C@H]2C(=O)N(CCCCO)C(C(=O)N(CC=C)c3ccc(N(CC)CC)cc3)C23CC[C@H]1O3. The van der Waals surface area contributed by atoms with Crippen LogP contribution in [-0.4, -0.2) is 84.9 Å². The van der Waals surface area contributed by atoms with E-state index in [2.05, 4.69) is 31.9 Å². The van der Waals surface area contributed by atoms with E-state index in [1.165, 1.54) is 6.08 Å². The van der Waals surface area contributed by atoms with Crippen LogP contribution in [0, 0.1) is 11.8 Å². The summed E-state index contributed by atoms with van der Waals surface area (Å²) in [6, 6.07) is 6.93. The van der Waals surface area contributed by atoms with Gasteiger partial charge in [0, 0.05) is 44.2 Å². The number of unbranched alkanes of at least 4 members (excludes halogenated alkanes) is 1. The lowest BCUT2D eigenvalue weighted by Gasteiger charge is -2.37. The maximum atomic E-state index is 14.4. The van der Waals surface area contributed by atoms with Gasteiger partial charge in [0.15, 0.2) is 0 Å². The summed E-state index contributed by atoms with van der Waals surface area (Å²) in [7, 11) is 0. The number of esters is 1. The van der Waals surface area contributed by atoms with Gasteiger partial charge in [-0.2, -0.15) is 0 Å². The fraction of sp³-hybridized carbons (Fsp3) is 0.567. The lowest BCUT2D eigenvalue weighted by atomic mass is 9.70. The van der Waals surface area contributed by atoms with Gasteiger partial charge in [-0.05, 0) is 63.8 Å². The molecule has 212 valence electrons. The van der Waals surface area contributed by atoms with Crippen LogP contribution in [0.25, 0.3) is 0 Å². The van der Waals surface area contributed by atoms with Gasteiger partial charge in [-0.3, -0.25) is 14.4 Å². The van der Waals surface area contributed by atoms with Crippen molar-refractivity contribution in [1.82, 2.24) is 4.90 Å². The summed E-state index contributed by atoms with van der Waals surface area (Å²) in [6.07, 6.45) is 4.81. The molecule has 3 fully saturated rings. The molecule has 9 nitrogen and oxygen atoms in total. The molecule has 2 unspecified atom stereocenters. The molecule has 3 aliphatic rings. The molecule has 1 aromatic rings. The zero-order valence-corrected chi connectivity index (χ0v) is 23.1. The number of hydrogen-bond donors (Lipinski definition) is 1. The average Bonchev–Trinajstić information content (AvgIpc) is 3.59. The zero-order valence-electron chi connectivity index (χ0n) is 23.1. The summed E-state index contributed by atoms with van der Waals surface area (Å²) in [5, 5.41) is 9.36. The molecule has 39 heavy (non-hydrogen) atoms. The largest absolute Gasteiger partial charge is 0.461 e. The molecule has 3 aliphatic heterocycles. The van der Waals surface area contributed by atoms with Crippen molar-refractivity contribution in [2.24, 2.45) is 11.8 Å². The highest BCUT2D eigenvalue weighted by molar-refractivity contribution is 6.04. The zero-order chi connectivity index (χ0) is 28.2. The molecule has 0 radical (unpaired) electrons. The van der Waals surface area contributed by atoms with Gasteiger partial charge in [-0.25, -0.2) is 0 Å². The summed E-state index contributed by atoms with van der Waals surface area (Å²) < 4.78 is 11.8. The van der Waals surface area contributed by atoms with E-state index in [0.717, 1.165) is 18.8 Å². The highest BCUT2D eigenvalue weighted by Crippen LogP contribution is 2.59. The van der Waals surface area contributed by atoms with Crippen LogP contribution in [0.1, 0.15) is 39.5 Å². The van der Waals surface area contributed by atoms with Crippen molar-refractivity contribution in [2.45, 2.75) is 57.3 Å². The predicted octanol–water partition coefficient (Wildman–Crippen LogP) is 2.93. The van der Waals surface area contributed by atoms with E-state index in [9.17, 15) is 19.5 Å². The van der Waals surface area contributed by atoms with E-state index >= 15 is 0 Å². The number of hydrogen-bond acceptors (Lipinski definition) is 7. The minimum absolute atomic E-state index is 0.00817. The van der Waals surface area contributed by atoms with Crippen LogP contribution in [0.5, 0.6) is 0 Å². The van der Waals surface area contributed by atoms with Crippen LogP contribution < -0.4 is 9.80 Å². The summed E-state index contributed by atoms with van der Waals surface area (Å²) in [5.74, 6) is -2.55. The van der Waals surface area contributed by atoms with Crippen molar-refractivity contribution >= 4 is 29.2 Å². The molecule has 0 aromatic heterocycles. The second-order valence-electron chi connectivity index (χ2n) is 10.4. The van der Waals surface area contributed by atoms with Crippen LogP contribution >= 0.6 is 0 Å². The van der Waals surface area contributed by atoms with Gasteiger partial charge >= 0.3 is 5.97 Å². The maximum absolute atomic E-state index is 14.4. The molecule has 1 spiro atoms. The smallest absolute Gasteiger partial charge is 0.312 e. The Hall–Kier alpha value is -3.17. The van der Waals surface area contributed by atoms with Crippen molar-refractivity contribution in [1.29, 1.82) is 0 Å². The highest BCUT2D eigenvalue weighted by Gasteiger charge is 2.75. The molecule has 1 aromatic carbocycles. The Morgan fingerprint density at radius 3 is 2.46 bits per heavy atom. The van der Waals surface area contributed by atoms with Crippen molar-refractivity contribution in [3.63, 3.8) is 0 Å². The van der Waals surface area contributed by atoms with Gasteiger partial charge in [0.2, 0.25) is 5.91 Å². The monoisotopic (exact) mass is 539 g/mol. The molecule has 1 N–H and O–H groups in total. The number of aliphatic hydroxyl groups is 1. The van der Waals surface area contributed by atoms with E-state index in [1.807, 2.05) is 24.3 Å². The summed E-state index contributed by atoms with van der Waals surface area (Å²) in [6.45, 7) is 14.0. The van der Waals surface area contributed by atoms with Gasteiger partial charge < -0.3 is 29.3 Å². The second-order valence-corrected chi connectivity index (χ2v) is 10.4. The normalized spacial score (nSPS) is 26.8. The Morgan fingerprint density at radius 1 is 1.15 bits per heavy atom. The minimum atomic E-state index is -1.10. The molecule has 0 aliphatic carbocycles. The van der Waals surface area contributed by atoms with E-state index in [0.29, 0.717) is 37.9 Å². The number of carbonyl (C=O) groups is 3. The molecule has 3 heterocycles. The van der Waals surface area contributed by atoms with Crippen molar-refractivity contribution in [2.75, 3.05) is 49.2 Å². The molecule has 3 saturated heterocycles. The molecule has 9 heteroatoms. The number of fused-ring (bicyclic) bond motifs is 1. The Kier molecular flexibility index (Phi) is 9.12. The molecule has 4 rings (SSSR count). The van der Waals surface area contributed by atoms with Gasteiger partial charge in [0.05, 0.1) is 17.9 Å². The molecule has 5 atom stereocenters. The third kappa shape index (κ3) is 5.10. The topological polar surface area (TPSA) is 99.6 Å². The van der Waals surface area contributed by atoms with Gasteiger partial charge in [-0.15, -0.1) is 6.58 Å². The standard InChI is InChI=1S/C30H41N3O6/c1-5-17-32(22-13-11-21(12-14-22)31(7-3)8-4)28(36)26-30-16-15-23(39-30)24(29(37)38-20-6-2)25(30)27(35)33(26)18-9-10-19-34/h5-6,11-14,23-26,34H,1-2,7-10,15-20H2,3-4H3/t23-,24+,25+,26?,30?/m1/s1. The van der Waals surface area contributed by atoms with E-state index in [4.69, 9.17) is 9.47 Å². The lowest BCUT2D eigenvalue weighted by Crippen LogP contribution is -2.56. The average molecular weight is 540 g/mol. The van der Waals surface area contributed by atoms with Crippen molar-refractivity contribution in [3.8, 4) is 0 Å². The summed E-state index contributed by atoms with van der Waals surface area (Å²) >= 11 is 0.